The Balaban J connectivity index is 2.50. The minimum Gasteiger partial charge on any atom is -0.309 e. The molecule has 0 bridgehead atoms. The Kier molecular flexibility index (Phi) is 4.84. The van der Waals surface area contributed by atoms with Crippen LogP contribution in [0.25, 0.3) is 0 Å². The maximum Gasteiger partial charge on any atom is 0.0931 e. The third-order valence-electron chi connectivity index (χ3n) is 3.45. The van der Waals surface area contributed by atoms with E-state index in [0.717, 1.165) is 10.9 Å². The van der Waals surface area contributed by atoms with Crippen LogP contribution < -0.4 is 5.32 Å². The van der Waals surface area contributed by atoms with Crippen LogP contribution in [0.15, 0.2) is 12.1 Å². The van der Waals surface area contributed by atoms with E-state index >= 15 is 0 Å². The van der Waals surface area contributed by atoms with Gasteiger partial charge in [-0.05, 0) is 30.4 Å². The van der Waals surface area contributed by atoms with Gasteiger partial charge in [-0.1, -0.05) is 39.3 Å². The number of nitrogens with one attached hydrogen (secondary N) is 1. The molecule has 0 spiro atoms. The summed E-state index contributed by atoms with van der Waals surface area (Å²) in [6.07, 6.45) is 0. The van der Waals surface area contributed by atoms with Gasteiger partial charge in [-0.3, -0.25) is 0 Å². The molecule has 0 fully saturated rings. The van der Waals surface area contributed by atoms with Gasteiger partial charge in [0.1, 0.15) is 0 Å². The van der Waals surface area contributed by atoms with Crippen LogP contribution in [0.3, 0.4) is 0 Å². The fraction of sp³-hybridized carbons (Fsp3) is 0.692. The summed E-state index contributed by atoms with van der Waals surface area (Å²) < 4.78 is 0.867. The lowest BCUT2D eigenvalue weighted by atomic mass is 9.81. The molecule has 1 heterocycles. The number of halogens is 1. The molecular formula is C13H22ClNS. The van der Waals surface area contributed by atoms with E-state index in [1.54, 1.807) is 11.3 Å². The molecule has 16 heavy (non-hydrogen) atoms. The predicted molar refractivity (Wildman–Crippen MR) is 74.4 cm³/mol. The highest BCUT2D eigenvalue weighted by molar-refractivity contribution is 7.16. The van der Waals surface area contributed by atoms with Gasteiger partial charge in [0.2, 0.25) is 0 Å². The molecule has 1 atom stereocenters. The molecule has 1 unspecified atom stereocenters. The first-order valence-corrected chi connectivity index (χ1v) is 7.01. The van der Waals surface area contributed by atoms with E-state index in [4.69, 9.17) is 11.6 Å². The normalized spacial score (nSPS) is 14.4. The summed E-state index contributed by atoms with van der Waals surface area (Å²) in [5, 5.41) is 3.59. The average Bonchev–Trinajstić information content (AvgIpc) is 2.61. The zero-order valence-corrected chi connectivity index (χ0v) is 12.4. The van der Waals surface area contributed by atoms with Gasteiger partial charge in [-0.25, -0.2) is 0 Å². The fourth-order valence-electron chi connectivity index (χ4n) is 1.28. The Morgan fingerprint density at radius 2 is 1.94 bits per heavy atom. The highest BCUT2D eigenvalue weighted by atomic mass is 35.5. The van der Waals surface area contributed by atoms with Gasteiger partial charge in [0.05, 0.1) is 4.34 Å². The zero-order chi connectivity index (χ0) is 12.3. The second kappa shape index (κ2) is 5.52. The van der Waals surface area contributed by atoms with Crippen LogP contribution in [0.4, 0.5) is 0 Å². The predicted octanol–water partition coefficient (Wildman–Crippen LogP) is 4.73. The van der Waals surface area contributed by atoms with Crippen molar-refractivity contribution in [1.29, 1.82) is 0 Å². The molecule has 3 heteroatoms. The van der Waals surface area contributed by atoms with E-state index in [1.165, 1.54) is 4.88 Å². The van der Waals surface area contributed by atoms with E-state index in [9.17, 15) is 0 Å². The highest BCUT2D eigenvalue weighted by Crippen LogP contribution is 2.29. The molecule has 1 rings (SSSR count). The molecule has 0 saturated heterocycles. The van der Waals surface area contributed by atoms with Crippen LogP contribution in [0.5, 0.6) is 0 Å². The summed E-state index contributed by atoms with van der Waals surface area (Å²) >= 11 is 7.59. The molecule has 1 nitrogen and oxygen atoms in total. The van der Waals surface area contributed by atoms with Crippen LogP contribution >= 0.6 is 22.9 Å². The molecule has 92 valence electrons. The second-order valence-corrected chi connectivity index (χ2v) is 7.13. The lowest BCUT2D eigenvalue weighted by Crippen LogP contribution is -2.34. The van der Waals surface area contributed by atoms with Crippen molar-refractivity contribution in [3.05, 3.63) is 21.3 Å². The largest absolute Gasteiger partial charge is 0.309 e. The Bertz CT molecular complexity index is 330. The number of thiophene rings is 1. The van der Waals surface area contributed by atoms with Gasteiger partial charge < -0.3 is 5.32 Å². The van der Waals surface area contributed by atoms with E-state index in [2.05, 4.69) is 46.0 Å². The first-order chi connectivity index (χ1) is 7.33. The Hall–Kier alpha value is -0.0500. The molecule has 1 aromatic rings. The number of hydrogen-bond acceptors (Lipinski definition) is 2. The van der Waals surface area contributed by atoms with Gasteiger partial charge in [-0.2, -0.15) is 0 Å². The van der Waals surface area contributed by atoms with Crippen molar-refractivity contribution in [3.63, 3.8) is 0 Å². The second-order valence-electron chi connectivity index (χ2n) is 5.39. The zero-order valence-electron chi connectivity index (χ0n) is 10.8. The smallest absolute Gasteiger partial charge is 0.0931 e. The minimum atomic E-state index is 0.329. The summed E-state index contributed by atoms with van der Waals surface area (Å²) in [4.78, 5) is 1.31. The summed E-state index contributed by atoms with van der Waals surface area (Å²) in [5.41, 5.74) is 0.329. The quantitative estimate of drug-likeness (QED) is 0.806. The van der Waals surface area contributed by atoms with Crippen molar-refractivity contribution < 1.29 is 0 Å². The van der Waals surface area contributed by atoms with E-state index in [1.807, 2.05) is 6.07 Å². The maximum absolute atomic E-state index is 5.94. The first-order valence-electron chi connectivity index (χ1n) is 5.81. The van der Waals surface area contributed by atoms with Crippen molar-refractivity contribution in [2.75, 3.05) is 6.54 Å². The summed E-state index contributed by atoms with van der Waals surface area (Å²) in [7, 11) is 0. The van der Waals surface area contributed by atoms with E-state index in [-0.39, 0.29) is 0 Å². The minimum absolute atomic E-state index is 0.329. The van der Waals surface area contributed by atoms with Crippen LogP contribution in [0.1, 0.15) is 45.5 Å². The van der Waals surface area contributed by atoms with Crippen molar-refractivity contribution in [3.8, 4) is 0 Å². The summed E-state index contributed by atoms with van der Waals surface area (Å²) in [6.45, 7) is 12.4. The Morgan fingerprint density at radius 1 is 1.31 bits per heavy atom. The van der Waals surface area contributed by atoms with Gasteiger partial charge in [0.25, 0.3) is 0 Å². The van der Waals surface area contributed by atoms with Crippen LogP contribution in [-0.2, 0) is 0 Å². The number of hydrogen-bond donors (Lipinski definition) is 1. The molecule has 1 N–H and O–H groups in total. The standard InChI is InChI=1S/C13H22ClNS/c1-9(2)13(4,5)8-15-10(3)11-6-7-12(14)16-11/h6-7,9-10,15H,8H2,1-5H3. The van der Waals surface area contributed by atoms with Crippen molar-refractivity contribution in [1.82, 2.24) is 5.32 Å². The summed E-state index contributed by atoms with van der Waals surface area (Å²) in [5.74, 6) is 0.680. The van der Waals surface area contributed by atoms with Crippen LogP contribution in [0.2, 0.25) is 4.34 Å². The molecule has 0 aliphatic heterocycles. The topological polar surface area (TPSA) is 12.0 Å². The van der Waals surface area contributed by atoms with Gasteiger partial charge >= 0.3 is 0 Å². The number of rotatable bonds is 5. The Morgan fingerprint density at radius 3 is 2.38 bits per heavy atom. The monoisotopic (exact) mass is 259 g/mol. The SMILES string of the molecule is CC(NCC(C)(C)C(C)C)c1ccc(Cl)s1. The lowest BCUT2D eigenvalue weighted by molar-refractivity contribution is 0.231. The van der Waals surface area contributed by atoms with Gasteiger partial charge in [0.15, 0.2) is 0 Å². The van der Waals surface area contributed by atoms with Crippen molar-refractivity contribution in [2.24, 2.45) is 11.3 Å². The molecule has 1 aromatic heterocycles. The lowest BCUT2D eigenvalue weighted by Gasteiger charge is -2.31. The third kappa shape index (κ3) is 3.76. The molecule has 0 radical (unpaired) electrons. The fourth-order valence-corrected chi connectivity index (χ4v) is 2.37. The van der Waals surface area contributed by atoms with Gasteiger partial charge in [-0.15, -0.1) is 11.3 Å². The Labute approximate surface area is 108 Å². The first kappa shape index (κ1) is 14.0. The maximum atomic E-state index is 5.94. The molecular weight excluding hydrogens is 238 g/mol. The van der Waals surface area contributed by atoms with E-state index < -0.39 is 0 Å². The van der Waals surface area contributed by atoms with Crippen LogP contribution in [-0.4, -0.2) is 6.54 Å². The highest BCUT2D eigenvalue weighted by Gasteiger charge is 2.23. The molecule has 0 aliphatic carbocycles. The van der Waals surface area contributed by atoms with Gasteiger partial charge in [0, 0.05) is 17.5 Å². The molecule has 0 aliphatic rings. The van der Waals surface area contributed by atoms with Crippen LogP contribution in [0, 0.1) is 11.3 Å². The summed E-state index contributed by atoms with van der Waals surface area (Å²) in [6, 6.07) is 4.45. The molecule has 0 aromatic carbocycles. The third-order valence-corrected chi connectivity index (χ3v) is 4.86. The van der Waals surface area contributed by atoms with E-state index in [0.29, 0.717) is 17.4 Å². The molecule has 0 saturated carbocycles. The molecule has 0 amide bonds. The van der Waals surface area contributed by atoms with Crippen molar-refractivity contribution in [2.45, 2.75) is 40.7 Å². The average molecular weight is 260 g/mol. The van der Waals surface area contributed by atoms with Crippen molar-refractivity contribution >= 4 is 22.9 Å².